The summed E-state index contributed by atoms with van der Waals surface area (Å²) in [6.07, 6.45) is 1.32. The molecule has 130 valence electrons. The predicted molar refractivity (Wildman–Crippen MR) is 93.6 cm³/mol. The highest BCUT2D eigenvalue weighted by Crippen LogP contribution is 2.31. The van der Waals surface area contributed by atoms with Crippen molar-refractivity contribution in [3.8, 4) is 11.5 Å². The minimum Gasteiger partial charge on any atom is -0.536 e. The van der Waals surface area contributed by atoms with Crippen LogP contribution in [-0.4, -0.2) is 47.1 Å². The number of hydrogen-bond donors (Lipinski definition) is 2. The Morgan fingerprint density at radius 1 is 1.52 bits per heavy atom. The van der Waals surface area contributed by atoms with Gasteiger partial charge in [0.25, 0.3) is 0 Å². The summed E-state index contributed by atoms with van der Waals surface area (Å²) < 4.78 is 11.3. The lowest BCUT2D eigenvalue weighted by molar-refractivity contribution is -0.141. The number of likely N-dealkylation sites (tertiary alicyclic amines) is 1. The van der Waals surface area contributed by atoms with Gasteiger partial charge in [0.1, 0.15) is 23.6 Å². The molecule has 1 aromatic heterocycles. The number of carbonyl (C=O) groups is 1. The molecule has 1 amide bonds. The van der Waals surface area contributed by atoms with Crippen molar-refractivity contribution >= 4 is 24.4 Å². The van der Waals surface area contributed by atoms with E-state index < -0.39 is 13.2 Å². The number of aryl methyl sites for hydroxylation is 1. The van der Waals surface area contributed by atoms with Gasteiger partial charge in [-0.3, -0.25) is 4.79 Å². The molecule has 0 radical (unpaired) electrons. The number of ether oxygens (including phenoxy) is 1. The number of carbonyl (C=O) groups excluding carboxylic acids is 1. The molecule has 9 heteroatoms. The molecule has 0 spiro atoms. The first kappa shape index (κ1) is 16.4. The summed E-state index contributed by atoms with van der Waals surface area (Å²) in [5, 5.41) is 11.4. The number of fused-ring (bicyclic) bond motifs is 1. The number of benzene rings is 1. The van der Waals surface area contributed by atoms with Crippen molar-refractivity contribution in [1.82, 2.24) is 9.88 Å². The fourth-order valence-corrected chi connectivity index (χ4v) is 3.58. The van der Waals surface area contributed by atoms with Crippen LogP contribution in [0.25, 0.3) is 0 Å². The smallest absolute Gasteiger partial charge is 0.522 e. The molecule has 2 aromatic rings. The van der Waals surface area contributed by atoms with Crippen molar-refractivity contribution in [1.29, 1.82) is 0 Å². The number of amides is 1. The van der Waals surface area contributed by atoms with E-state index in [2.05, 4.69) is 4.98 Å². The van der Waals surface area contributed by atoms with Gasteiger partial charge in [-0.2, -0.15) is 0 Å². The van der Waals surface area contributed by atoms with E-state index in [1.54, 1.807) is 21.9 Å². The highest BCUT2D eigenvalue weighted by Gasteiger charge is 2.36. The molecule has 2 aliphatic heterocycles. The van der Waals surface area contributed by atoms with Crippen LogP contribution in [0.15, 0.2) is 29.1 Å². The van der Waals surface area contributed by atoms with Gasteiger partial charge in [0.15, 0.2) is 0 Å². The quantitative estimate of drug-likeness (QED) is 0.786. The molecule has 1 aromatic carbocycles. The van der Waals surface area contributed by atoms with Crippen LogP contribution in [0.3, 0.4) is 0 Å². The summed E-state index contributed by atoms with van der Waals surface area (Å²) in [7, 11) is -0.758. The zero-order valence-electron chi connectivity index (χ0n) is 13.5. The van der Waals surface area contributed by atoms with Gasteiger partial charge in [-0.05, 0) is 24.4 Å². The Hall–Kier alpha value is -2.10. The van der Waals surface area contributed by atoms with Crippen LogP contribution in [0.2, 0.25) is 6.32 Å². The third-order valence-electron chi connectivity index (χ3n) is 4.46. The van der Waals surface area contributed by atoms with Crippen LogP contribution in [0.1, 0.15) is 17.3 Å². The average molecular weight is 359 g/mol. The van der Waals surface area contributed by atoms with E-state index in [1.165, 1.54) is 11.3 Å². The SMILES string of the molecule is NC(C(=O)N1CC(Oc2ccc3c(c2)OB(O)CC3)C1)c1cscn1. The van der Waals surface area contributed by atoms with E-state index in [0.717, 1.165) is 12.0 Å². The highest BCUT2D eigenvalue weighted by atomic mass is 32.1. The van der Waals surface area contributed by atoms with E-state index >= 15 is 0 Å². The lowest BCUT2D eigenvalue weighted by Gasteiger charge is -2.40. The molecule has 0 saturated carbocycles. The molecule has 0 bridgehead atoms. The van der Waals surface area contributed by atoms with E-state index in [0.29, 0.717) is 36.6 Å². The minimum atomic E-state index is -0.758. The van der Waals surface area contributed by atoms with Crippen LogP contribution in [0.5, 0.6) is 11.5 Å². The topological polar surface area (TPSA) is 97.9 Å². The van der Waals surface area contributed by atoms with Gasteiger partial charge in [0.2, 0.25) is 5.91 Å². The number of thiazole rings is 1. The fraction of sp³-hybridized carbons (Fsp3) is 0.375. The van der Waals surface area contributed by atoms with Crippen molar-refractivity contribution in [3.63, 3.8) is 0 Å². The third-order valence-corrected chi connectivity index (χ3v) is 5.07. The standard InChI is InChI=1S/C16H18BN3O4S/c18-15(13-8-25-9-19-13)16(21)20-6-12(7-20)23-11-2-1-10-3-4-17(22)24-14(10)5-11/h1-2,5,8-9,12,15,22H,3-4,6-7,18H2. The lowest BCUT2D eigenvalue weighted by Crippen LogP contribution is -2.58. The van der Waals surface area contributed by atoms with Gasteiger partial charge < -0.3 is 25.0 Å². The monoisotopic (exact) mass is 359 g/mol. The summed E-state index contributed by atoms with van der Waals surface area (Å²) in [5.74, 6) is 1.20. The van der Waals surface area contributed by atoms with Crippen molar-refractivity contribution in [2.75, 3.05) is 13.1 Å². The van der Waals surface area contributed by atoms with Gasteiger partial charge in [-0.25, -0.2) is 4.98 Å². The molecule has 0 aliphatic carbocycles. The number of nitrogens with zero attached hydrogens (tertiary/aromatic N) is 2. The molecule has 4 rings (SSSR count). The molecule has 1 unspecified atom stereocenters. The molecule has 3 heterocycles. The highest BCUT2D eigenvalue weighted by molar-refractivity contribution is 7.07. The van der Waals surface area contributed by atoms with E-state index in [4.69, 9.17) is 15.1 Å². The molecule has 25 heavy (non-hydrogen) atoms. The molecule has 1 saturated heterocycles. The molecule has 1 atom stereocenters. The Labute approximate surface area is 149 Å². The Morgan fingerprint density at radius 2 is 2.36 bits per heavy atom. The molecular formula is C16H18BN3O4S. The molecule has 2 aliphatic rings. The van der Waals surface area contributed by atoms with Crippen molar-refractivity contribution in [2.24, 2.45) is 5.73 Å². The Kier molecular flexibility index (Phi) is 4.36. The van der Waals surface area contributed by atoms with Crippen LogP contribution in [-0.2, 0) is 11.2 Å². The second-order valence-electron chi connectivity index (χ2n) is 6.25. The zero-order chi connectivity index (χ0) is 17.4. The van der Waals surface area contributed by atoms with E-state index in [-0.39, 0.29) is 12.0 Å². The van der Waals surface area contributed by atoms with Crippen molar-refractivity contribution in [2.45, 2.75) is 24.9 Å². The van der Waals surface area contributed by atoms with Gasteiger partial charge in [0, 0.05) is 11.4 Å². The summed E-state index contributed by atoms with van der Waals surface area (Å²) in [5.41, 5.74) is 9.29. The minimum absolute atomic E-state index is 0.0712. The Morgan fingerprint density at radius 3 is 3.12 bits per heavy atom. The Bertz CT molecular complexity index is 767. The van der Waals surface area contributed by atoms with Gasteiger partial charge in [0.05, 0.1) is 24.3 Å². The third kappa shape index (κ3) is 3.35. The number of hydrogen-bond acceptors (Lipinski definition) is 7. The average Bonchev–Trinajstić information content (AvgIpc) is 3.10. The van der Waals surface area contributed by atoms with Crippen LogP contribution >= 0.6 is 11.3 Å². The van der Waals surface area contributed by atoms with Gasteiger partial charge in [-0.15, -0.1) is 11.3 Å². The maximum atomic E-state index is 12.3. The van der Waals surface area contributed by atoms with Crippen LogP contribution < -0.4 is 15.1 Å². The van der Waals surface area contributed by atoms with Crippen molar-refractivity contribution in [3.05, 3.63) is 40.3 Å². The number of nitrogens with two attached hydrogens (primary N) is 1. The molecular weight excluding hydrogens is 341 g/mol. The Balaban J connectivity index is 1.33. The van der Waals surface area contributed by atoms with Crippen molar-refractivity contribution < 1.29 is 19.2 Å². The summed E-state index contributed by atoms with van der Waals surface area (Å²) in [6.45, 7) is 0.995. The second kappa shape index (κ2) is 6.66. The predicted octanol–water partition coefficient (Wildman–Crippen LogP) is 0.848. The second-order valence-corrected chi connectivity index (χ2v) is 6.97. The maximum Gasteiger partial charge on any atom is 0.522 e. The van der Waals surface area contributed by atoms with Gasteiger partial charge in [-0.1, -0.05) is 6.07 Å². The maximum absolute atomic E-state index is 12.3. The molecule has 3 N–H and O–H groups in total. The zero-order valence-corrected chi connectivity index (χ0v) is 14.3. The summed E-state index contributed by atoms with van der Waals surface area (Å²) in [6, 6.07) is 4.93. The van der Waals surface area contributed by atoms with Crippen LogP contribution in [0.4, 0.5) is 0 Å². The largest absolute Gasteiger partial charge is 0.536 e. The first-order chi connectivity index (χ1) is 12.1. The number of aromatic nitrogens is 1. The lowest BCUT2D eigenvalue weighted by atomic mass is 9.79. The number of rotatable bonds is 4. The summed E-state index contributed by atoms with van der Waals surface area (Å²) >= 11 is 1.42. The van der Waals surface area contributed by atoms with E-state index in [9.17, 15) is 9.82 Å². The first-order valence-electron chi connectivity index (χ1n) is 8.17. The van der Waals surface area contributed by atoms with Crippen LogP contribution in [0, 0.1) is 0 Å². The normalized spacial score (nSPS) is 18.2. The van der Waals surface area contributed by atoms with Gasteiger partial charge >= 0.3 is 7.12 Å². The molecule has 1 fully saturated rings. The van der Waals surface area contributed by atoms with E-state index in [1.807, 2.05) is 12.1 Å². The first-order valence-corrected chi connectivity index (χ1v) is 9.11. The molecule has 7 nitrogen and oxygen atoms in total. The fourth-order valence-electron chi connectivity index (χ4n) is 2.99. The summed E-state index contributed by atoms with van der Waals surface area (Å²) in [4.78, 5) is 18.1.